The van der Waals surface area contributed by atoms with Crippen molar-refractivity contribution >= 4 is 11.6 Å². The molecule has 0 aliphatic heterocycles. The zero-order valence-electron chi connectivity index (χ0n) is 10.2. The second-order valence-electron chi connectivity index (χ2n) is 3.80. The first-order chi connectivity index (χ1) is 9.29. The molecular weight excluding hydrogens is 242 g/mol. The number of nitrogens with zero attached hydrogens (tertiary/aromatic N) is 1. The summed E-state index contributed by atoms with van der Waals surface area (Å²) >= 11 is 0. The number of nitrogens with one attached hydrogen (secondary N) is 2. The van der Waals surface area contributed by atoms with Gasteiger partial charge in [-0.2, -0.15) is 0 Å². The molecule has 2 N–H and O–H groups in total. The van der Waals surface area contributed by atoms with Crippen LogP contribution in [0.2, 0.25) is 0 Å². The van der Waals surface area contributed by atoms with Crippen molar-refractivity contribution in [3.63, 3.8) is 0 Å². The quantitative estimate of drug-likeness (QED) is 0.627. The Morgan fingerprint density at radius 3 is 3.11 bits per heavy atom. The van der Waals surface area contributed by atoms with E-state index in [-0.39, 0.29) is 12.5 Å². The molecule has 0 fully saturated rings. The lowest BCUT2D eigenvalue weighted by molar-refractivity contribution is -0.115. The topological polar surface area (TPSA) is 67.2 Å². The summed E-state index contributed by atoms with van der Waals surface area (Å²) in [6.45, 7) is 0.544. The van der Waals surface area contributed by atoms with Gasteiger partial charge in [0, 0.05) is 11.3 Å². The van der Waals surface area contributed by atoms with E-state index in [4.69, 9.17) is 10.8 Å². The summed E-state index contributed by atoms with van der Waals surface area (Å²) in [7, 11) is 0. The van der Waals surface area contributed by atoms with E-state index in [0.717, 1.165) is 5.56 Å². The van der Waals surface area contributed by atoms with Crippen molar-refractivity contribution in [1.29, 1.82) is 0 Å². The Labute approximate surface area is 111 Å². The summed E-state index contributed by atoms with van der Waals surface area (Å²) < 4.78 is 5.20. The zero-order chi connectivity index (χ0) is 13.5. The van der Waals surface area contributed by atoms with Crippen molar-refractivity contribution in [3.05, 3.63) is 36.9 Å². The second-order valence-corrected chi connectivity index (χ2v) is 3.80. The molecule has 0 atom stereocenters. The fourth-order valence-corrected chi connectivity index (χ4v) is 1.56. The Hall–Kier alpha value is -2.58. The first kappa shape index (κ1) is 12.9. The van der Waals surface area contributed by atoms with Gasteiger partial charge in [-0.15, -0.1) is 6.42 Å². The second kappa shape index (κ2) is 6.38. The Balaban J connectivity index is 2.00. The number of carbonyl (C=O) groups excluding carboxylic acids is 1. The number of terminal acetylenes is 1. The molecular formula is C14H13N3O2. The number of hydrogen-bond acceptors (Lipinski definition) is 4. The van der Waals surface area contributed by atoms with Gasteiger partial charge in [0.25, 0.3) is 0 Å². The monoisotopic (exact) mass is 255 g/mol. The fourth-order valence-electron chi connectivity index (χ4n) is 1.56. The minimum atomic E-state index is -0.148. The number of amides is 1. The molecule has 5 heteroatoms. The maximum atomic E-state index is 11.6. The van der Waals surface area contributed by atoms with Crippen molar-refractivity contribution in [2.24, 2.45) is 0 Å². The molecule has 1 aromatic carbocycles. The van der Waals surface area contributed by atoms with Crippen LogP contribution in [-0.2, 0) is 4.79 Å². The summed E-state index contributed by atoms with van der Waals surface area (Å²) in [6, 6.07) is 7.34. The van der Waals surface area contributed by atoms with Gasteiger partial charge in [0.2, 0.25) is 5.91 Å². The Bertz CT molecular complexity index is 585. The average Bonchev–Trinajstić information content (AvgIpc) is 2.93. The summed E-state index contributed by atoms with van der Waals surface area (Å²) in [5, 5.41) is 5.59. The minimum Gasteiger partial charge on any atom is -0.444 e. The van der Waals surface area contributed by atoms with Crippen LogP contribution in [0.5, 0.6) is 0 Å². The van der Waals surface area contributed by atoms with Crippen LogP contribution in [0.1, 0.15) is 0 Å². The molecule has 0 aliphatic carbocycles. The van der Waals surface area contributed by atoms with Gasteiger partial charge in [-0.1, -0.05) is 18.1 Å². The van der Waals surface area contributed by atoms with Gasteiger partial charge in [-0.25, -0.2) is 4.98 Å². The highest BCUT2D eigenvalue weighted by Gasteiger charge is 2.05. The standard InChI is InChI=1S/C14H13N3O2/c1-2-6-15-9-14(18)17-12-5-3-4-11(7-12)13-8-16-10-19-13/h1,3-5,7-8,10,15H,6,9H2,(H,17,18). The van der Waals surface area contributed by atoms with Gasteiger partial charge < -0.3 is 9.73 Å². The Morgan fingerprint density at radius 2 is 2.37 bits per heavy atom. The number of anilines is 1. The molecule has 0 unspecified atom stereocenters. The molecule has 19 heavy (non-hydrogen) atoms. The van der Waals surface area contributed by atoms with E-state index < -0.39 is 0 Å². The molecule has 2 rings (SSSR count). The molecule has 0 saturated heterocycles. The summed E-state index contributed by atoms with van der Waals surface area (Å²) in [4.78, 5) is 15.5. The van der Waals surface area contributed by atoms with Crippen LogP contribution in [-0.4, -0.2) is 24.0 Å². The lowest BCUT2D eigenvalue weighted by atomic mass is 10.1. The van der Waals surface area contributed by atoms with E-state index in [1.54, 1.807) is 12.3 Å². The van der Waals surface area contributed by atoms with E-state index >= 15 is 0 Å². The van der Waals surface area contributed by atoms with Crippen molar-refractivity contribution in [3.8, 4) is 23.7 Å². The summed E-state index contributed by atoms with van der Waals surface area (Å²) in [5.41, 5.74) is 1.55. The molecule has 5 nitrogen and oxygen atoms in total. The first-order valence-electron chi connectivity index (χ1n) is 5.72. The summed E-state index contributed by atoms with van der Waals surface area (Å²) in [6.07, 6.45) is 8.07. The first-order valence-corrected chi connectivity index (χ1v) is 5.72. The van der Waals surface area contributed by atoms with E-state index in [2.05, 4.69) is 21.5 Å². The van der Waals surface area contributed by atoms with Gasteiger partial charge in [0.05, 0.1) is 19.3 Å². The molecule has 96 valence electrons. The third-order valence-corrected chi connectivity index (χ3v) is 2.38. The molecule has 0 spiro atoms. The van der Waals surface area contributed by atoms with Crippen molar-refractivity contribution < 1.29 is 9.21 Å². The molecule has 0 radical (unpaired) electrons. The number of aromatic nitrogens is 1. The average molecular weight is 255 g/mol. The maximum Gasteiger partial charge on any atom is 0.238 e. The van der Waals surface area contributed by atoms with Gasteiger partial charge in [-0.05, 0) is 12.1 Å². The molecule has 0 aliphatic rings. The highest BCUT2D eigenvalue weighted by Crippen LogP contribution is 2.21. The van der Waals surface area contributed by atoms with Crippen LogP contribution in [0.15, 0.2) is 41.3 Å². The third-order valence-electron chi connectivity index (χ3n) is 2.38. The molecule has 2 aromatic rings. The van der Waals surface area contributed by atoms with E-state index in [9.17, 15) is 4.79 Å². The lowest BCUT2D eigenvalue weighted by Crippen LogP contribution is -2.28. The Morgan fingerprint density at radius 1 is 1.47 bits per heavy atom. The van der Waals surface area contributed by atoms with Crippen LogP contribution in [0.3, 0.4) is 0 Å². The highest BCUT2D eigenvalue weighted by atomic mass is 16.3. The van der Waals surface area contributed by atoms with Crippen LogP contribution in [0.4, 0.5) is 5.69 Å². The molecule has 1 heterocycles. The molecule has 1 amide bonds. The smallest absolute Gasteiger partial charge is 0.238 e. The number of carbonyl (C=O) groups is 1. The fraction of sp³-hybridized carbons (Fsp3) is 0.143. The number of rotatable bonds is 5. The van der Waals surface area contributed by atoms with E-state index in [1.165, 1.54) is 6.39 Å². The van der Waals surface area contributed by atoms with E-state index in [1.807, 2.05) is 18.2 Å². The third kappa shape index (κ3) is 3.69. The number of benzene rings is 1. The normalized spacial score (nSPS) is 9.84. The van der Waals surface area contributed by atoms with Crippen LogP contribution in [0.25, 0.3) is 11.3 Å². The predicted octanol–water partition coefficient (Wildman–Crippen LogP) is 1.50. The van der Waals surface area contributed by atoms with Crippen LogP contribution in [0, 0.1) is 12.3 Å². The maximum absolute atomic E-state index is 11.6. The van der Waals surface area contributed by atoms with Crippen LogP contribution < -0.4 is 10.6 Å². The molecule has 0 saturated carbocycles. The Kier molecular flexibility index (Phi) is 4.32. The number of oxazole rings is 1. The SMILES string of the molecule is C#CCNCC(=O)Nc1cccc(-c2cnco2)c1. The lowest BCUT2D eigenvalue weighted by Gasteiger charge is -2.06. The van der Waals surface area contributed by atoms with Crippen molar-refractivity contribution in [2.75, 3.05) is 18.4 Å². The molecule has 1 aromatic heterocycles. The van der Waals surface area contributed by atoms with Gasteiger partial charge in [0.1, 0.15) is 0 Å². The van der Waals surface area contributed by atoms with Crippen molar-refractivity contribution in [2.45, 2.75) is 0 Å². The minimum absolute atomic E-state index is 0.148. The van der Waals surface area contributed by atoms with Gasteiger partial charge in [0.15, 0.2) is 12.2 Å². The molecule has 0 bridgehead atoms. The highest BCUT2D eigenvalue weighted by molar-refractivity contribution is 5.92. The van der Waals surface area contributed by atoms with Gasteiger partial charge in [-0.3, -0.25) is 10.1 Å². The summed E-state index contributed by atoms with van der Waals surface area (Å²) in [5.74, 6) is 2.91. The zero-order valence-corrected chi connectivity index (χ0v) is 10.2. The largest absolute Gasteiger partial charge is 0.444 e. The predicted molar refractivity (Wildman–Crippen MR) is 72.3 cm³/mol. The van der Waals surface area contributed by atoms with Gasteiger partial charge >= 0.3 is 0 Å². The van der Waals surface area contributed by atoms with Crippen LogP contribution >= 0.6 is 0 Å². The number of hydrogen-bond donors (Lipinski definition) is 2. The van der Waals surface area contributed by atoms with Crippen molar-refractivity contribution in [1.82, 2.24) is 10.3 Å². The van der Waals surface area contributed by atoms with E-state index in [0.29, 0.717) is 18.0 Å².